The summed E-state index contributed by atoms with van der Waals surface area (Å²) in [5.74, 6) is -0.911. The van der Waals surface area contributed by atoms with E-state index in [0.29, 0.717) is 6.54 Å². The molecule has 1 aromatic rings. The Morgan fingerprint density at radius 2 is 2.00 bits per heavy atom. The highest BCUT2D eigenvalue weighted by Gasteiger charge is 2.29. The Kier molecular flexibility index (Phi) is 7.60. The van der Waals surface area contributed by atoms with E-state index in [0.717, 1.165) is 31.7 Å². The minimum absolute atomic E-state index is 0.139. The molecule has 28 heavy (non-hydrogen) atoms. The molecule has 0 saturated carbocycles. The number of carbonyl (C=O) groups is 2. The molecular weight excluding hydrogens is 368 g/mol. The van der Waals surface area contributed by atoms with E-state index in [-0.39, 0.29) is 35.6 Å². The number of likely N-dealkylation sites (tertiary alicyclic amines) is 1. The van der Waals surface area contributed by atoms with Crippen LogP contribution >= 0.6 is 0 Å². The van der Waals surface area contributed by atoms with Gasteiger partial charge >= 0.3 is 5.97 Å². The zero-order valence-electron chi connectivity index (χ0n) is 16.4. The van der Waals surface area contributed by atoms with Crippen LogP contribution in [0.3, 0.4) is 0 Å². The van der Waals surface area contributed by atoms with Crippen LogP contribution in [-0.4, -0.2) is 54.6 Å². The number of piperidine rings is 1. The van der Waals surface area contributed by atoms with Gasteiger partial charge < -0.3 is 19.1 Å². The summed E-state index contributed by atoms with van der Waals surface area (Å²) in [6, 6.07) is 2.46. The van der Waals surface area contributed by atoms with Crippen molar-refractivity contribution in [3.05, 3.63) is 27.8 Å². The average molecular weight is 394 g/mol. The molecule has 1 atom stereocenters. The molecule has 1 aromatic carbocycles. The number of rotatable bonds is 8. The predicted molar refractivity (Wildman–Crippen MR) is 101 cm³/mol. The SMILES string of the molecule is CCOc1cc(C(=O)OCC(=O)N2CCCC[C@@H]2CC)c([N+](=O)[O-])cc1OC. The maximum absolute atomic E-state index is 12.5. The number of methoxy groups -OCH3 is 1. The number of benzene rings is 1. The summed E-state index contributed by atoms with van der Waals surface area (Å²) in [4.78, 5) is 37.3. The zero-order chi connectivity index (χ0) is 20.7. The van der Waals surface area contributed by atoms with E-state index in [1.807, 2.05) is 6.92 Å². The summed E-state index contributed by atoms with van der Waals surface area (Å²) in [7, 11) is 1.35. The number of carbonyl (C=O) groups excluding carboxylic acids is 2. The second kappa shape index (κ2) is 9.91. The van der Waals surface area contributed by atoms with Crippen molar-refractivity contribution >= 4 is 17.6 Å². The number of nitro groups is 1. The third-order valence-corrected chi connectivity index (χ3v) is 4.74. The first-order chi connectivity index (χ1) is 13.4. The lowest BCUT2D eigenvalue weighted by Gasteiger charge is -2.35. The van der Waals surface area contributed by atoms with Crippen LogP contribution in [0.5, 0.6) is 11.5 Å². The molecular formula is C19H26N2O7. The molecule has 1 fully saturated rings. The van der Waals surface area contributed by atoms with E-state index >= 15 is 0 Å². The molecule has 1 amide bonds. The molecule has 0 aliphatic carbocycles. The maximum Gasteiger partial charge on any atom is 0.345 e. The van der Waals surface area contributed by atoms with Gasteiger partial charge in [0.2, 0.25) is 0 Å². The van der Waals surface area contributed by atoms with Gasteiger partial charge in [0.1, 0.15) is 5.56 Å². The molecule has 2 rings (SSSR count). The van der Waals surface area contributed by atoms with Crippen LogP contribution in [0.1, 0.15) is 49.9 Å². The fourth-order valence-corrected chi connectivity index (χ4v) is 3.33. The lowest BCUT2D eigenvalue weighted by atomic mass is 10.00. The molecule has 9 nitrogen and oxygen atoms in total. The molecule has 0 N–H and O–H groups in total. The van der Waals surface area contributed by atoms with Crippen LogP contribution in [-0.2, 0) is 9.53 Å². The molecule has 0 radical (unpaired) electrons. The normalized spacial score (nSPS) is 16.4. The van der Waals surface area contributed by atoms with Crippen LogP contribution in [0.4, 0.5) is 5.69 Å². The number of ether oxygens (including phenoxy) is 3. The van der Waals surface area contributed by atoms with Gasteiger partial charge in [0.05, 0.1) is 24.7 Å². The van der Waals surface area contributed by atoms with Crippen LogP contribution in [0, 0.1) is 10.1 Å². The van der Waals surface area contributed by atoms with E-state index in [9.17, 15) is 19.7 Å². The molecule has 0 unspecified atom stereocenters. The smallest absolute Gasteiger partial charge is 0.345 e. The molecule has 0 bridgehead atoms. The first-order valence-electron chi connectivity index (χ1n) is 9.38. The fraction of sp³-hybridized carbons (Fsp3) is 0.579. The summed E-state index contributed by atoms with van der Waals surface area (Å²) in [5.41, 5.74) is -0.755. The average Bonchev–Trinajstić information content (AvgIpc) is 2.71. The van der Waals surface area contributed by atoms with Crippen molar-refractivity contribution < 1.29 is 28.7 Å². The van der Waals surface area contributed by atoms with Crippen LogP contribution in [0.25, 0.3) is 0 Å². The Morgan fingerprint density at radius 1 is 1.25 bits per heavy atom. The Balaban J connectivity index is 2.17. The monoisotopic (exact) mass is 394 g/mol. The largest absolute Gasteiger partial charge is 0.493 e. The van der Waals surface area contributed by atoms with Crippen LogP contribution < -0.4 is 9.47 Å². The number of nitrogens with zero attached hydrogens (tertiary/aromatic N) is 2. The number of nitro benzene ring substituents is 1. The Bertz CT molecular complexity index is 735. The second-order valence-corrected chi connectivity index (χ2v) is 6.43. The number of esters is 1. The number of amides is 1. The van der Waals surface area contributed by atoms with Crippen molar-refractivity contribution in [2.75, 3.05) is 26.9 Å². The third-order valence-electron chi connectivity index (χ3n) is 4.74. The summed E-state index contributed by atoms with van der Waals surface area (Å²) in [6.07, 6.45) is 3.75. The zero-order valence-corrected chi connectivity index (χ0v) is 16.4. The Morgan fingerprint density at radius 3 is 2.61 bits per heavy atom. The minimum Gasteiger partial charge on any atom is -0.493 e. The van der Waals surface area contributed by atoms with Gasteiger partial charge in [0.25, 0.3) is 11.6 Å². The van der Waals surface area contributed by atoms with Crippen molar-refractivity contribution in [1.29, 1.82) is 0 Å². The van der Waals surface area contributed by atoms with E-state index in [2.05, 4.69) is 0 Å². The Hall–Kier alpha value is -2.84. The highest BCUT2D eigenvalue weighted by atomic mass is 16.6. The summed E-state index contributed by atoms with van der Waals surface area (Å²) >= 11 is 0. The van der Waals surface area contributed by atoms with E-state index < -0.39 is 23.2 Å². The third kappa shape index (κ3) is 4.90. The fourth-order valence-electron chi connectivity index (χ4n) is 3.33. The van der Waals surface area contributed by atoms with Gasteiger partial charge in [0.15, 0.2) is 18.1 Å². The standard InChI is InChI=1S/C19H26N2O7/c1-4-13-8-6-7-9-20(13)18(22)12-28-19(23)14-10-17(27-5-2)16(26-3)11-15(14)21(24)25/h10-11,13H,4-9,12H2,1-3H3/t13-/m0/s1. The summed E-state index contributed by atoms with van der Waals surface area (Å²) in [5, 5.41) is 11.4. The number of hydrogen-bond donors (Lipinski definition) is 0. The molecule has 9 heteroatoms. The topological polar surface area (TPSA) is 108 Å². The van der Waals surface area contributed by atoms with E-state index in [1.54, 1.807) is 11.8 Å². The van der Waals surface area contributed by atoms with Gasteiger partial charge in [-0.3, -0.25) is 14.9 Å². The van der Waals surface area contributed by atoms with Gasteiger partial charge in [0, 0.05) is 18.7 Å². The lowest BCUT2D eigenvalue weighted by Crippen LogP contribution is -2.45. The minimum atomic E-state index is -0.950. The molecule has 1 aliphatic rings. The van der Waals surface area contributed by atoms with Crippen molar-refractivity contribution in [1.82, 2.24) is 4.90 Å². The van der Waals surface area contributed by atoms with Gasteiger partial charge in [-0.05, 0) is 32.6 Å². The van der Waals surface area contributed by atoms with Gasteiger partial charge in [-0.15, -0.1) is 0 Å². The van der Waals surface area contributed by atoms with Crippen molar-refractivity contribution in [3.8, 4) is 11.5 Å². The van der Waals surface area contributed by atoms with Crippen molar-refractivity contribution in [2.45, 2.75) is 45.6 Å². The second-order valence-electron chi connectivity index (χ2n) is 6.43. The number of hydrogen-bond acceptors (Lipinski definition) is 7. The van der Waals surface area contributed by atoms with E-state index in [4.69, 9.17) is 14.2 Å². The van der Waals surface area contributed by atoms with E-state index in [1.165, 1.54) is 13.2 Å². The molecule has 1 heterocycles. The van der Waals surface area contributed by atoms with Crippen molar-refractivity contribution in [3.63, 3.8) is 0 Å². The molecule has 0 aromatic heterocycles. The van der Waals surface area contributed by atoms with Crippen molar-refractivity contribution in [2.24, 2.45) is 0 Å². The maximum atomic E-state index is 12.5. The predicted octanol–water partition coefficient (Wildman–Crippen LogP) is 2.95. The lowest BCUT2D eigenvalue weighted by molar-refractivity contribution is -0.385. The quantitative estimate of drug-likeness (QED) is 0.379. The van der Waals surface area contributed by atoms with Crippen LogP contribution in [0.15, 0.2) is 12.1 Å². The molecule has 0 spiro atoms. The highest BCUT2D eigenvalue weighted by molar-refractivity contribution is 5.96. The van der Waals surface area contributed by atoms with Gasteiger partial charge in [-0.1, -0.05) is 6.92 Å². The first-order valence-corrected chi connectivity index (χ1v) is 9.38. The Labute approximate surface area is 163 Å². The first kappa shape index (κ1) is 21.5. The molecule has 1 aliphatic heterocycles. The summed E-state index contributed by atoms with van der Waals surface area (Å²) < 4.78 is 15.6. The highest BCUT2D eigenvalue weighted by Crippen LogP contribution is 2.35. The summed E-state index contributed by atoms with van der Waals surface area (Å²) in [6.45, 7) is 4.21. The van der Waals surface area contributed by atoms with Gasteiger partial charge in [-0.2, -0.15) is 0 Å². The molecule has 1 saturated heterocycles. The molecule has 154 valence electrons. The van der Waals surface area contributed by atoms with Gasteiger partial charge in [-0.25, -0.2) is 4.79 Å². The van der Waals surface area contributed by atoms with Crippen LogP contribution in [0.2, 0.25) is 0 Å².